The quantitative estimate of drug-likeness (QED) is 0.258. The van der Waals surface area contributed by atoms with Crippen molar-refractivity contribution in [1.29, 1.82) is 0 Å². The van der Waals surface area contributed by atoms with Gasteiger partial charge in [0.15, 0.2) is 11.2 Å². The summed E-state index contributed by atoms with van der Waals surface area (Å²) < 4.78 is 44.2. The van der Waals surface area contributed by atoms with Crippen molar-refractivity contribution >= 4 is 33.1 Å². The summed E-state index contributed by atoms with van der Waals surface area (Å²) in [5.41, 5.74) is 0.418. The van der Waals surface area contributed by atoms with Crippen LogP contribution in [0.1, 0.15) is 0 Å². The first-order chi connectivity index (χ1) is 18.4. The lowest BCUT2D eigenvalue weighted by molar-refractivity contribution is 0.395. The van der Waals surface area contributed by atoms with Crippen LogP contribution in [0.4, 0.5) is 0 Å². The lowest BCUT2D eigenvalue weighted by Crippen LogP contribution is -2.03. The molecule has 4 heterocycles. The van der Waals surface area contributed by atoms with Gasteiger partial charge in [-0.3, -0.25) is 0 Å². The molecule has 0 fully saturated rings. The zero-order valence-electron chi connectivity index (χ0n) is 20.7. The fraction of sp³-hybridized carbons (Fsp3) is 0.143. The maximum atomic E-state index is 12.8. The Balaban J connectivity index is 1.44. The fourth-order valence-corrected chi connectivity index (χ4v) is 4.34. The van der Waals surface area contributed by atoms with Gasteiger partial charge in [0.25, 0.3) is 0 Å². The monoisotopic (exact) mass is 516 g/mol. The van der Waals surface area contributed by atoms with Crippen molar-refractivity contribution in [2.45, 2.75) is 0 Å². The molecule has 0 unspecified atom stereocenters. The van der Waals surface area contributed by atoms with E-state index in [2.05, 4.69) is 0 Å². The molecule has 2 aromatic carbocycles. The molecule has 10 heteroatoms. The van der Waals surface area contributed by atoms with E-state index in [0.29, 0.717) is 56.1 Å². The van der Waals surface area contributed by atoms with Crippen molar-refractivity contribution in [3.05, 3.63) is 69.4 Å². The van der Waals surface area contributed by atoms with Crippen LogP contribution in [0.2, 0.25) is 0 Å². The highest BCUT2D eigenvalue weighted by Gasteiger charge is 2.21. The molecule has 0 saturated carbocycles. The van der Waals surface area contributed by atoms with E-state index in [-0.39, 0.29) is 22.6 Å². The van der Waals surface area contributed by atoms with Gasteiger partial charge in [-0.2, -0.15) is 0 Å². The second-order valence-corrected chi connectivity index (χ2v) is 8.33. The van der Waals surface area contributed by atoms with E-state index in [4.69, 9.17) is 36.6 Å². The standard InChI is InChI=1S/C28H20O10/c1-31-13-5-19(33-3)15-9-17(27(29)37-21(15)7-13)23-11-25-26(35-23)12-24(36-25)18-10-16-20(34-4)6-14(32-2)8-22(16)38-28(18)30/h5-12H,1-4H3. The van der Waals surface area contributed by atoms with Gasteiger partial charge in [-0.25, -0.2) is 9.59 Å². The van der Waals surface area contributed by atoms with Crippen LogP contribution in [-0.4, -0.2) is 28.4 Å². The van der Waals surface area contributed by atoms with Gasteiger partial charge in [-0.15, -0.1) is 0 Å². The molecule has 0 spiro atoms. The molecule has 0 atom stereocenters. The molecule has 0 radical (unpaired) electrons. The van der Waals surface area contributed by atoms with Crippen LogP contribution in [0.5, 0.6) is 23.0 Å². The van der Waals surface area contributed by atoms with E-state index in [1.165, 1.54) is 28.4 Å². The minimum absolute atomic E-state index is 0.179. The molecule has 0 N–H and O–H groups in total. The number of hydrogen-bond acceptors (Lipinski definition) is 10. The molecule has 6 rings (SSSR count). The number of furan rings is 2. The van der Waals surface area contributed by atoms with Crippen LogP contribution in [-0.2, 0) is 0 Å². The van der Waals surface area contributed by atoms with Gasteiger partial charge < -0.3 is 36.6 Å². The van der Waals surface area contributed by atoms with Crippen molar-refractivity contribution in [2.24, 2.45) is 0 Å². The fourth-order valence-electron chi connectivity index (χ4n) is 4.34. The summed E-state index contributed by atoms with van der Waals surface area (Å²) in [5.74, 6) is 2.39. The second-order valence-electron chi connectivity index (χ2n) is 8.33. The number of ether oxygens (including phenoxy) is 4. The summed E-state index contributed by atoms with van der Waals surface area (Å²) in [6.45, 7) is 0. The lowest BCUT2D eigenvalue weighted by Gasteiger charge is -2.08. The zero-order chi connectivity index (χ0) is 26.6. The zero-order valence-corrected chi connectivity index (χ0v) is 20.7. The maximum absolute atomic E-state index is 12.8. The van der Waals surface area contributed by atoms with Gasteiger partial charge in [0, 0.05) is 36.4 Å². The third-order valence-corrected chi connectivity index (χ3v) is 6.23. The topological polar surface area (TPSA) is 124 Å². The third-order valence-electron chi connectivity index (χ3n) is 6.23. The van der Waals surface area contributed by atoms with Crippen LogP contribution in [0.15, 0.2) is 75.8 Å². The Bertz CT molecular complexity index is 1800. The molecule has 192 valence electrons. The average Bonchev–Trinajstić information content (AvgIpc) is 3.50. The molecule has 0 amide bonds. The van der Waals surface area contributed by atoms with E-state index in [1.807, 2.05) is 0 Å². The number of rotatable bonds is 6. The minimum atomic E-state index is -0.609. The normalized spacial score (nSPS) is 11.4. The van der Waals surface area contributed by atoms with Gasteiger partial charge >= 0.3 is 11.3 Å². The van der Waals surface area contributed by atoms with Crippen LogP contribution in [0.25, 0.3) is 55.8 Å². The summed E-state index contributed by atoms with van der Waals surface area (Å²) in [7, 11) is 6.04. The van der Waals surface area contributed by atoms with Crippen molar-refractivity contribution in [2.75, 3.05) is 28.4 Å². The Hall–Kier alpha value is -5.12. The van der Waals surface area contributed by atoms with E-state index < -0.39 is 11.3 Å². The average molecular weight is 516 g/mol. The van der Waals surface area contributed by atoms with E-state index in [0.717, 1.165) is 0 Å². The SMILES string of the molecule is COc1cc(OC)c2cc(-c3cc4oc(-c5cc6c(OC)cc(OC)cc6oc5=O)cc4o3)c(=O)oc2c1. The first-order valence-electron chi connectivity index (χ1n) is 11.4. The van der Waals surface area contributed by atoms with Crippen LogP contribution in [0.3, 0.4) is 0 Å². The highest BCUT2D eigenvalue weighted by Crippen LogP contribution is 2.37. The van der Waals surface area contributed by atoms with Gasteiger partial charge in [0.2, 0.25) is 0 Å². The summed E-state index contributed by atoms with van der Waals surface area (Å²) in [6.07, 6.45) is 0. The van der Waals surface area contributed by atoms with E-state index in [9.17, 15) is 9.59 Å². The Morgan fingerprint density at radius 3 is 1.26 bits per heavy atom. The molecule has 38 heavy (non-hydrogen) atoms. The molecule has 0 aliphatic carbocycles. The molecular weight excluding hydrogens is 496 g/mol. The number of hydrogen-bond donors (Lipinski definition) is 0. The number of fused-ring (bicyclic) bond motifs is 3. The van der Waals surface area contributed by atoms with Crippen molar-refractivity contribution < 1.29 is 36.6 Å². The first-order valence-corrected chi connectivity index (χ1v) is 11.4. The molecule has 10 nitrogen and oxygen atoms in total. The Morgan fingerprint density at radius 2 is 0.895 bits per heavy atom. The Morgan fingerprint density at radius 1 is 0.474 bits per heavy atom. The van der Waals surface area contributed by atoms with Gasteiger partial charge in [0.05, 0.1) is 39.2 Å². The number of benzene rings is 2. The predicted molar refractivity (Wildman–Crippen MR) is 138 cm³/mol. The summed E-state index contributed by atoms with van der Waals surface area (Å²) in [6, 6.07) is 12.9. The van der Waals surface area contributed by atoms with E-state index in [1.54, 1.807) is 48.5 Å². The summed E-state index contributed by atoms with van der Waals surface area (Å²) in [5, 5.41) is 1.13. The molecule has 0 bridgehead atoms. The van der Waals surface area contributed by atoms with Crippen LogP contribution < -0.4 is 30.2 Å². The molecule has 4 aromatic heterocycles. The molecule has 0 aliphatic heterocycles. The lowest BCUT2D eigenvalue weighted by atomic mass is 10.1. The summed E-state index contributed by atoms with van der Waals surface area (Å²) >= 11 is 0. The molecule has 0 aliphatic rings. The Kier molecular flexibility index (Phi) is 5.37. The smallest absolute Gasteiger partial charge is 0.347 e. The second kappa shape index (κ2) is 8.77. The first kappa shape index (κ1) is 23.3. The van der Waals surface area contributed by atoms with Crippen molar-refractivity contribution in [1.82, 2.24) is 0 Å². The largest absolute Gasteiger partial charge is 0.496 e. The van der Waals surface area contributed by atoms with Crippen LogP contribution >= 0.6 is 0 Å². The summed E-state index contributed by atoms with van der Waals surface area (Å²) in [4.78, 5) is 25.6. The third kappa shape index (κ3) is 3.65. The molecule has 0 saturated heterocycles. The Labute approximate surface area is 213 Å². The van der Waals surface area contributed by atoms with Gasteiger partial charge in [0.1, 0.15) is 56.8 Å². The minimum Gasteiger partial charge on any atom is -0.496 e. The van der Waals surface area contributed by atoms with Gasteiger partial charge in [-0.1, -0.05) is 0 Å². The van der Waals surface area contributed by atoms with Crippen LogP contribution in [0, 0.1) is 0 Å². The molecular formula is C28H20O10. The van der Waals surface area contributed by atoms with Gasteiger partial charge in [-0.05, 0) is 12.1 Å². The van der Waals surface area contributed by atoms with Crippen molar-refractivity contribution in [3.63, 3.8) is 0 Å². The van der Waals surface area contributed by atoms with E-state index >= 15 is 0 Å². The molecule has 6 aromatic rings. The maximum Gasteiger partial charge on any atom is 0.347 e. The van der Waals surface area contributed by atoms with Crippen molar-refractivity contribution in [3.8, 4) is 45.6 Å². The highest BCUT2D eigenvalue weighted by atomic mass is 16.5. The highest BCUT2D eigenvalue weighted by molar-refractivity contribution is 5.91. The predicted octanol–water partition coefficient (Wildman–Crippen LogP) is 5.61. The number of methoxy groups -OCH3 is 4.